The number of carboxylic acids is 1. The van der Waals surface area contributed by atoms with Crippen molar-refractivity contribution in [2.75, 3.05) is 19.7 Å². The third-order valence-corrected chi connectivity index (χ3v) is 4.43. The summed E-state index contributed by atoms with van der Waals surface area (Å²) in [4.78, 5) is 24.9. The van der Waals surface area contributed by atoms with Crippen molar-refractivity contribution in [3.8, 4) is 0 Å². The number of nitrogens with zero attached hydrogens (tertiary/aromatic N) is 1. The van der Waals surface area contributed by atoms with Crippen LogP contribution in [0.25, 0.3) is 0 Å². The van der Waals surface area contributed by atoms with Crippen LogP contribution in [0.15, 0.2) is 24.3 Å². The van der Waals surface area contributed by atoms with Gasteiger partial charge in [0, 0.05) is 12.5 Å². The highest BCUT2D eigenvalue weighted by Gasteiger charge is 2.47. The number of carbonyl (C=O) groups excluding carboxylic acids is 1. The molecule has 0 aromatic heterocycles. The summed E-state index contributed by atoms with van der Waals surface area (Å²) in [6, 6.07) is 4.84. The van der Waals surface area contributed by atoms with E-state index >= 15 is 0 Å². The number of rotatable bonds is 3. The highest BCUT2D eigenvalue weighted by atomic mass is 19.4. The fourth-order valence-electron chi connectivity index (χ4n) is 2.99. The second-order valence-electron chi connectivity index (χ2n) is 6.05. The highest BCUT2D eigenvalue weighted by molar-refractivity contribution is 5.84. The van der Waals surface area contributed by atoms with Crippen LogP contribution in [-0.2, 0) is 20.5 Å². The van der Waals surface area contributed by atoms with E-state index in [9.17, 15) is 22.8 Å². The van der Waals surface area contributed by atoms with Gasteiger partial charge in [-0.15, -0.1) is 0 Å². The highest BCUT2D eigenvalue weighted by Crippen LogP contribution is 2.49. The van der Waals surface area contributed by atoms with E-state index in [1.807, 2.05) is 0 Å². The smallest absolute Gasteiger partial charge is 0.416 e. The SMILES string of the molecule is O=C(O)[C@@H]1CN(C(=O)[C@@H]2C[C@@H]2c2ccc(C(F)(F)F)cc2)CCO1. The van der Waals surface area contributed by atoms with Crippen molar-refractivity contribution in [2.24, 2.45) is 5.92 Å². The Labute approximate surface area is 136 Å². The lowest BCUT2D eigenvalue weighted by Crippen LogP contribution is -2.49. The minimum absolute atomic E-state index is 0.00436. The van der Waals surface area contributed by atoms with Crippen LogP contribution in [0.4, 0.5) is 13.2 Å². The molecule has 8 heteroatoms. The molecule has 1 aromatic carbocycles. The average molecular weight is 343 g/mol. The van der Waals surface area contributed by atoms with E-state index in [-0.39, 0.29) is 30.9 Å². The van der Waals surface area contributed by atoms with Crippen molar-refractivity contribution in [3.05, 3.63) is 35.4 Å². The standard InChI is InChI=1S/C16H16F3NO4/c17-16(18,19)10-3-1-9(2-4-10)11-7-12(11)14(21)20-5-6-24-13(8-20)15(22)23/h1-4,11-13H,5-8H2,(H,22,23)/t11-,12-,13+/m1/s1. The zero-order chi connectivity index (χ0) is 17.5. The lowest BCUT2D eigenvalue weighted by molar-refractivity contribution is -0.159. The zero-order valence-corrected chi connectivity index (χ0v) is 12.6. The van der Waals surface area contributed by atoms with Crippen LogP contribution >= 0.6 is 0 Å². The van der Waals surface area contributed by atoms with Crippen LogP contribution in [0.2, 0.25) is 0 Å². The largest absolute Gasteiger partial charge is 0.479 e. The predicted molar refractivity (Wildman–Crippen MR) is 76.2 cm³/mol. The van der Waals surface area contributed by atoms with Crippen LogP contribution in [-0.4, -0.2) is 47.7 Å². The van der Waals surface area contributed by atoms with Gasteiger partial charge >= 0.3 is 12.1 Å². The van der Waals surface area contributed by atoms with Crippen molar-refractivity contribution in [3.63, 3.8) is 0 Å². The Morgan fingerprint density at radius 3 is 2.46 bits per heavy atom. The average Bonchev–Trinajstić information content (AvgIpc) is 3.34. The molecule has 1 saturated carbocycles. The van der Waals surface area contributed by atoms with Crippen LogP contribution < -0.4 is 0 Å². The molecule has 0 radical (unpaired) electrons. The molecule has 0 unspecified atom stereocenters. The maximum atomic E-state index is 12.6. The van der Waals surface area contributed by atoms with Gasteiger partial charge in [-0.3, -0.25) is 4.79 Å². The zero-order valence-electron chi connectivity index (χ0n) is 12.6. The second-order valence-corrected chi connectivity index (χ2v) is 6.05. The van der Waals surface area contributed by atoms with Crippen LogP contribution in [0.1, 0.15) is 23.5 Å². The first kappa shape index (κ1) is 16.8. The molecule has 3 rings (SSSR count). The van der Waals surface area contributed by atoms with Gasteiger partial charge in [0.15, 0.2) is 6.10 Å². The van der Waals surface area contributed by atoms with Crippen molar-refractivity contribution in [1.29, 1.82) is 0 Å². The molecule has 5 nitrogen and oxygen atoms in total. The van der Waals surface area contributed by atoms with E-state index < -0.39 is 23.8 Å². The molecule has 1 saturated heterocycles. The Balaban J connectivity index is 1.62. The van der Waals surface area contributed by atoms with E-state index in [0.29, 0.717) is 18.5 Å². The Hall–Kier alpha value is -2.09. The number of amides is 1. The van der Waals surface area contributed by atoms with E-state index in [1.54, 1.807) is 0 Å². The first-order valence-corrected chi connectivity index (χ1v) is 7.57. The normalized spacial score (nSPS) is 27.0. The number of halogens is 3. The van der Waals surface area contributed by atoms with Gasteiger partial charge in [-0.05, 0) is 30.0 Å². The first-order valence-electron chi connectivity index (χ1n) is 7.57. The van der Waals surface area contributed by atoms with E-state index in [1.165, 1.54) is 17.0 Å². The number of hydrogen-bond acceptors (Lipinski definition) is 3. The number of carbonyl (C=O) groups is 2. The van der Waals surface area contributed by atoms with Crippen molar-refractivity contribution in [1.82, 2.24) is 4.90 Å². The van der Waals surface area contributed by atoms with Crippen LogP contribution in [0.3, 0.4) is 0 Å². The van der Waals surface area contributed by atoms with Gasteiger partial charge in [-0.25, -0.2) is 4.79 Å². The van der Waals surface area contributed by atoms with E-state index in [2.05, 4.69) is 0 Å². The maximum Gasteiger partial charge on any atom is 0.416 e. The minimum Gasteiger partial charge on any atom is -0.479 e. The number of carboxylic acid groups (broad SMARTS) is 1. The first-order chi connectivity index (χ1) is 11.3. The molecule has 24 heavy (non-hydrogen) atoms. The van der Waals surface area contributed by atoms with Gasteiger partial charge in [0.1, 0.15) is 0 Å². The fourth-order valence-corrected chi connectivity index (χ4v) is 2.99. The van der Waals surface area contributed by atoms with E-state index in [4.69, 9.17) is 9.84 Å². The molecule has 130 valence electrons. The summed E-state index contributed by atoms with van der Waals surface area (Å²) < 4.78 is 42.8. The van der Waals surface area contributed by atoms with Crippen molar-refractivity contribution in [2.45, 2.75) is 24.6 Å². The Kier molecular flexibility index (Phi) is 4.25. The van der Waals surface area contributed by atoms with E-state index in [0.717, 1.165) is 12.1 Å². The van der Waals surface area contributed by atoms with Crippen LogP contribution in [0, 0.1) is 5.92 Å². The maximum absolute atomic E-state index is 12.6. The molecule has 0 spiro atoms. The molecule has 1 aliphatic heterocycles. The predicted octanol–water partition coefficient (Wildman–Crippen LogP) is 2.12. The lowest BCUT2D eigenvalue weighted by atomic mass is 10.1. The molecule has 1 aromatic rings. The number of ether oxygens (including phenoxy) is 1. The molecule has 1 amide bonds. The van der Waals surface area contributed by atoms with Gasteiger partial charge in [0.2, 0.25) is 5.91 Å². The summed E-state index contributed by atoms with van der Waals surface area (Å²) in [5.41, 5.74) is -0.0170. The number of aliphatic carboxylic acids is 1. The molecule has 1 heterocycles. The number of hydrogen-bond donors (Lipinski definition) is 1. The second kappa shape index (κ2) is 6.08. The Morgan fingerprint density at radius 2 is 1.88 bits per heavy atom. The van der Waals surface area contributed by atoms with Gasteiger partial charge in [0.05, 0.1) is 18.7 Å². The number of benzene rings is 1. The van der Waals surface area contributed by atoms with Gasteiger partial charge < -0.3 is 14.7 Å². The molecule has 0 bridgehead atoms. The van der Waals surface area contributed by atoms with Crippen molar-refractivity contribution < 1.29 is 32.6 Å². The molecule has 1 aliphatic carbocycles. The molecule has 2 aliphatic rings. The number of morpholine rings is 1. The van der Waals surface area contributed by atoms with Gasteiger partial charge in [-0.1, -0.05) is 12.1 Å². The molecular formula is C16H16F3NO4. The van der Waals surface area contributed by atoms with Gasteiger partial charge in [0.25, 0.3) is 0 Å². The summed E-state index contributed by atoms with van der Waals surface area (Å²) in [6.45, 7) is 0.504. The van der Waals surface area contributed by atoms with Gasteiger partial charge in [-0.2, -0.15) is 13.2 Å². The third-order valence-electron chi connectivity index (χ3n) is 4.43. The summed E-state index contributed by atoms with van der Waals surface area (Å²) in [5, 5.41) is 8.96. The summed E-state index contributed by atoms with van der Waals surface area (Å²) in [7, 11) is 0. The minimum atomic E-state index is -4.38. The Bertz CT molecular complexity index is 644. The van der Waals surface area contributed by atoms with Crippen molar-refractivity contribution >= 4 is 11.9 Å². The third kappa shape index (κ3) is 3.38. The fraction of sp³-hybridized carbons (Fsp3) is 0.500. The van der Waals surface area contributed by atoms with Crippen LogP contribution in [0.5, 0.6) is 0 Å². The molecule has 3 atom stereocenters. The molecular weight excluding hydrogens is 327 g/mol. The summed E-state index contributed by atoms with van der Waals surface area (Å²) in [6.07, 6.45) is -4.83. The monoisotopic (exact) mass is 343 g/mol. The molecule has 2 fully saturated rings. The Morgan fingerprint density at radius 1 is 1.21 bits per heavy atom. The quantitative estimate of drug-likeness (QED) is 0.913. The lowest BCUT2D eigenvalue weighted by Gasteiger charge is -2.31. The topological polar surface area (TPSA) is 66.8 Å². The molecule has 1 N–H and O–H groups in total. The summed E-state index contributed by atoms with van der Waals surface area (Å²) >= 11 is 0. The number of alkyl halides is 3. The summed E-state index contributed by atoms with van der Waals surface area (Å²) in [5.74, 6) is -1.67.